The molecule has 0 saturated carbocycles. The van der Waals surface area contributed by atoms with Gasteiger partial charge in [-0.3, -0.25) is 9.69 Å². The summed E-state index contributed by atoms with van der Waals surface area (Å²) in [6.07, 6.45) is 1.86. The van der Waals surface area contributed by atoms with Crippen LogP contribution < -0.4 is 5.32 Å². The van der Waals surface area contributed by atoms with Gasteiger partial charge in [0.2, 0.25) is 0 Å². The maximum atomic E-state index is 12.2. The molecule has 1 N–H and O–H groups in total. The molecule has 2 aliphatic heterocycles. The van der Waals surface area contributed by atoms with Crippen molar-refractivity contribution in [3.8, 4) is 0 Å². The second-order valence-corrected chi connectivity index (χ2v) is 7.86. The van der Waals surface area contributed by atoms with Gasteiger partial charge >= 0.3 is 5.97 Å². The standard InChI is InChI=1S/C23H36N4O3/c1-3-24-23(27-11-7-10-21(18-27)22(28)30-4-2)25-16-19-8-5-6-9-20(19)17-26-12-14-29-15-13-26/h5-6,8-9,21H,3-4,7,10-18H2,1-2H3,(H,24,25). The number of carbonyl (C=O) groups is 1. The van der Waals surface area contributed by atoms with Gasteiger partial charge in [0.25, 0.3) is 0 Å². The number of piperidine rings is 1. The van der Waals surface area contributed by atoms with Crippen LogP contribution in [-0.4, -0.2) is 74.3 Å². The fourth-order valence-corrected chi connectivity index (χ4v) is 4.07. The van der Waals surface area contributed by atoms with Crippen LogP contribution in [0.3, 0.4) is 0 Å². The number of rotatable bonds is 7. The Morgan fingerprint density at radius 1 is 1.20 bits per heavy atom. The van der Waals surface area contributed by atoms with Crippen LogP contribution in [0.25, 0.3) is 0 Å². The van der Waals surface area contributed by atoms with Crippen molar-refractivity contribution >= 4 is 11.9 Å². The highest BCUT2D eigenvalue weighted by Gasteiger charge is 2.28. The van der Waals surface area contributed by atoms with Crippen LogP contribution in [0.4, 0.5) is 0 Å². The lowest BCUT2D eigenvalue weighted by Gasteiger charge is -2.34. The van der Waals surface area contributed by atoms with Gasteiger partial charge in [0, 0.05) is 39.3 Å². The largest absolute Gasteiger partial charge is 0.466 e. The summed E-state index contributed by atoms with van der Waals surface area (Å²) in [6.45, 7) is 11.9. The molecule has 166 valence electrons. The number of nitrogens with zero attached hydrogens (tertiary/aromatic N) is 3. The minimum absolute atomic E-state index is 0.0730. The molecule has 0 bridgehead atoms. The number of esters is 1. The molecule has 7 nitrogen and oxygen atoms in total. The van der Waals surface area contributed by atoms with Crippen LogP contribution in [0.1, 0.15) is 37.8 Å². The lowest BCUT2D eigenvalue weighted by atomic mass is 9.98. The first-order valence-corrected chi connectivity index (χ1v) is 11.3. The third-order valence-corrected chi connectivity index (χ3v) is 5.69. The molecule has 7 heteroatoms. The van der Waals surface area contributed by atoms with Gasteiger partial charge in [-0.15, -0.1) is 0 Å². The zero-order valence-electron chi connectivity index (χ0n) is 18.4. The third-order valence-electron chi connectivity index (χ3n) is 5.69. The predicted molar refractivity (Wildman–Crippen MR) is 118 cm³/mol. The normalized spacial score (nSPS) is 20.8. The quantitative estimate of drug-likeness (QED) is 0.418. The maximum absolute atomic E-state index is 12.2. The number of likely N-dealkylation sites (tertiary alicyclic amines) is 1. The SMILES string of the molecule is CCNC(=NCc1ccccc1CN1CCOCC1)N1CCCC(C(=O)OCC)C1. The Labute approximate surface area is 180 Å². The van der Waals surface area contributed by atoms with Crippen LogP contribution in [0.5, 0.6) is 0 Å². The summed E-state index contributed by atoms with van der Waals surface area (Å²) in [4.78, 5) is 21.8. The number of hydrogen-bond donors (Lipinski definition) is 1. The van der Waals surface area contributed by atoms with Crippen molar-refractivity contribution in [3.63, 3.8) is 0 Å². The molecule has 0 radical (unpaired) electrons. The van der Waals surface area contributed by atoms with Crippen molar-refractivity contribution in [1.82, 2.24) is 15.1 Å². The summed E-state index contributed by atoms with van der Waals surface area (Å²) in [6, 6.07) is 8.55. The van der Waals surface area contributed by atoms with Crippen LogP contribution in [-0.2, 0) is 27.4 Å². The number of hydrogen-bond acceptors (Lipinski definition) is 5. The molecular weight excluding hydrogens is 380 g/mol. The number of benzene rings is 1. The first kappa shape index (κ1) is 22.6. The van der Waals surface area contributed by atoms with Crippen molar-refractivity contribution in [2.75, 3.05) is 52.5 Å². The van der Waals surface area contributed by atoms with E-state index in [1.54, 1.807) is 0 Å². The molecule has 0 aliphatic carbocycles. The Balaban J connectivity index is 1.68. The Morgan fingerprint density at radius 2 is 1.97 bits per heavy atom. The highest BCUT2D eigenvalue weighted by molar-refractivity contribution is 5.81. The Bertz CT molecular complexity index is 703. The van der Waals surface area contributed by atoms with E-state index in [0.717, 1.165) is 64.7 Å². The summed E-state index contributed by atoms with van der Waals surface area (Å²) in [5.41, 5.74) is 2.57. The van der Waals surface area contributed by atoms with Gasteiger partial charge in [0.05, 0.1) is 32.3 Å². The summed E-state index contributed by atoms with van der Waals surface area (Å²) in [5.74, 6) is 0.720. The van der Waals surface area contributed by atoms with Crippen molar-refractivity contribution in [3.05, 3.63) is 35.4 Å². The van der Waals surface area contributed by atoms with E-state index in [9.17, 15) is 4.79 Å². The zero-order valence-corrected chi connectivity index (χ0v) is 18.4. The molecule has 2 fully saturated rings. The third kappa shape index (κ3) is 6.44. The van der Waals surface area contributed by atoms with Crippen LogP contribution in [0.2, 0.25) is 0 Å². The van der Waals surface area contributed by atoms with Gasteiger partial charge in [0.1, 0.15) is 0 Å². The van der Waals surface area contributed by atoms with Crippen LogP contribution in [0.15, 0.2) is 29.3 Å². The smallest absolute Gasteiger partial charge is 0.310 e. The summed E-state index contributed by atoms with van der Waals surface area (Å²) in [7, 11) is 0. The number of nitrogens with one attached hydrogen (secondary N) is 1. The van der Waals surface area contributed by atoms with Gasteiger partial charge in [0.15, 0.2) is 5.96 Å². The Hall–Kier alpha value is -2.12. The van der Waals surface area contributed by atoms with Gasteiger partial charge < -0.3 is 19.7 Å². The molecule has 2 heterocycles. The van der Waals surface area contributed by atoms with E-state index in [0.29, 0.717) is 19.7 Å². The molecule has 0 spiro atoms. The van der Waals surface area contributed by atoms with Crippen molar-refractivity contribution in [2.45, 2.75) is 39.8 Å². The summed E-state index contributed by atoms with van der Waals surface area (Å²) >= 11 is 0. The molecule has 1 unspecified atom stereocenters. The number of carbonyl (C=O) groups excluding carboxylic acids is 1. The van der Waals surface area contributed by atoms with Crippen molar-refractivity contribution < 1.29 is 14.3 Å². The van der Waals surface area contributed by atoms with E-state index in [4.69, 9.17) is 14.5 Å². The van der Waals surface area contributed by atoms with Crippen molar-refractivity contribution in [1.29, 1.82) is 0 Å². The number of aliphatic imine (C=N–C) groups is 1. The monoisotopic (exact) mass is 416 g/mol. The van der Waals surface area contributed by atoms with Crippen LogP contribution in [0, 0.1) is 5.92 Å². The first-order valence-electron chi connectivity index (χ1n) is 11.3. The molecule has 0 aromatic heterocycles. The topological polar surface area (TPSA) is 66.4 Å². The zero-order chi connectivity index (χ0) is 21.2. The highest BCUT2D eigenvalue weighted by Crippen LogP contribution is 2.19. The Kier molecular flexibility index (Phi) is 8.96. The number of guanidine groups is 1. The molecular formula is C23H36N4O3. The number of ether oxygens (including phenoxy) is 2. The van der Waals surface area contributed by atoms with E-state index in [-0.39, 0.29) is 11.9 Å². The molecule has 1 atom stereocenters. The van der Waals surface area contributed by atoms with Gasteiger partial charge in [-0.1, -0.05) is 24.3 Å². The summed E-state index contributed by atoms with van der Waals surface area (Å²) < 4.78 is 10.7. The fourth-order valence-electron chi connectivity index (χ4n) is 4.07. The maximum Gasteiger partial charge on any atom is 0.310 e. The molecule has 2 saturated heterocycles. The van der Waals surface area contributed by atoms with Gasteiger partial charge in [-0.25, -0.2) is 4.99 Å². The van der Waals surface area contributed by atoms with Gasteiger partial charge in [-0.2, -0.15) is 0 Å². The molecule has 1 aromatic rings. The molecule has 0 amide bonds. The highest BCUT2D eigenvalue weighted by atomic mass is 16.5. The fraction of sp³-hybridized carbons (Fsp3) is 0.652. The van der Waals surface area contributed by atoms with E-state index in [1.165, 1.54) is 11.1 Å². The van der Waals surface area contributed by atoms with Gasteiger partial charge in [-0.05, 0) is 37.8 Å². The minimum Gasteiger partial charge on any atom is -0.466 e. The lowest BCUT2D eigenvalue weighted by molar-refractivity contribution is -0.149. The second kappa shape index (κ2) is 11.9. The molecule has 1 aromatic carbocycles. The predicted octanol–water partition coefficient (Wildman–Crippen LogP) is 2.26. The average Bonchev–Trinajstić information content (AvgIpc) is 2.78. The Morgan fingerprint density at radius 3 is 2.70 bits per heavy atom. The van der Waals surface area contributed by atoms with Crippen molar-refractivity contribution in [2.24, 2.45) is 10.9 Å². The van der Waals surface area contributed by atoms with E-state index >= 15 is 0 Å². The van der Waals surface area contributed by atoms with E-state index in [1.807, 2.05) is 6.92 Å². The average molecular weight is 417 g/mol. The minimum atomic E-state index is -0.0890. The molecule has 30 heavy (non-hydrogen) atoms. The number of morpholine rings is 1. The van der Waals surface area contributed by atoms with E-state index in [2.05, 4.69) is 46.3 Å². The van der Waals surface area contributed by atoms with Crippen LogP contribution >= 0.6 is 0 Å². The molecule has 2 aliphatic rings. The first-order chi connectivity index (χ1) is 14.7. The lowest BCUT2D eigenvalue weighted by Crippen LogP contribution is -2.48. The van der Waals surface area contributed by atoms with E-state index < -0.39 is 0 Å². The molecule has 3 rings (SSSR count). The second-order valence-electron chi connectivity index (χ2n) is 7.86. The summed E-state index contributed by atoms with van der Waals surface area (Å²) in [5, 5.41) is 3.41.